The number of aromatic amines is 1. The third-order valence-electron chi connectivity index (χ3n) is 5.22. The molecule has 0 amide bonds. The monoisotopic (exact) mass is 520 g/mol. The van der Waals surface area contributed by atoms with E-state index in [9.17, 15) is 46.3 Å². The average Bonchev–Trinajstić information content (AvgIpc) is 3.16. The van der Waals surface area contributed by atoms with Gasteiger partial charge in [-0.15, -0.1) is 10.2 Å². The molecular weight excluding hydrogens is 509 g/mol. The number of nitriles is 1. The number of halogens is 3. The lowest BCUT2D eigenvalue weighted by Gasteiger charge is -2.09. The Kier molecular flexibility index (Phi) is 5.62. The summed E-state index contributed by atoms with van der Waals surface area (Å²) in [5.74, 6) is 0. The molecule has 0 aliphatic rings. The van der Waals surface area contributed by atoms with Crippen molar-refractivity contribution >= 4 is 43.9 Å². The SMILES string of the molecule is Cc1c(N=Nc2ccc([N+](=O)[O-])cc2C(F)(F)F)c(=O)n2c([nH]c3cc(S(=O)(=O)O)ccc32)c1C#N. The van der Waals surface area contributed by atoms with Gasteiger partial charge in [0.15, 0.2) is 5.69 Å². The summed E-state index contributed by atoms with van der Waals surface area (Å²) >= 11 is 0. The van der Waals surface area contributed by atoms with Gasteiger partial charge in [-0.1, -0.05) is 0 Å². The van der Waals surface area contributed by atoms with E-state index in [1.54, 1.807) is 0 Å². The normalized spacial score (nSPS) is 12.4. The molecule has 0 fully saturated rings. The van der Waals surface area contributed by atoms with E-state index in [1.165, 1.54) is 13.0 Å². The fraction of sp³-hybridized carbons (Fsp3) is 0.100. The van der Waals surface area contributed by atoms with E-state index in [1.807, 2.05) is 6.07 Å². The van der Waals surface area contributed by atoms with Crippen molar-refractivity contribution in [2.24, 2.45) is 10.2 Å². The minimum atomic E-state index is -5.02. The number of H-pyrrole nitrogens is 1. The fourth-order valence-corrected chi connectivity index (χ4v) is 4.04. The zero-order valence-corrected chi connectivity index (χ0v) is 18.5. The van der Waals surface area contributed by atoms with Crippen molar-refractivity contribution in [2.45, 2.75) is 18.0 Å². The van der Waals surface area contributed by atoms with Crippen LogP contribution in [0.3, 0.4) is 0 Å². The van der Waals surface area contributed by atoms with Gasteiger partial charge in [0.05, 0.1) is 37.7 Å². The van der Waals surface area contributed by atoms with Gasteiger partial charge in [0.25, 0.3) is 21.4 Å². The molecule has 0 aliphatic carbocycles. The van der Waals surface area contributed by atoms with Crippen molar-refractivity contribution in [1.29, 1.82) is 5.26 Å². The summed E-state index contributed by atoms with van der Waals surface area (Å²) in [6.07, 6.45) is -5.02. The van der Waals surface area contributed by atoms with Crippen LogP contribution in [0.4, 0.5) is 30.2 Å². The Labute approximate surface area is 197 Å². The second kappa shape index (κ2) is 8.25. The zero-order chi connectivity index (χ0) is 26.6. The van der Waals surface area contributed by atoms with Crippen molar-refractivity contribution in [1.82, 2.24) is 9.38 Å². The molecule has 2 aromatic carbocycles. The first-order valence-electron chi connectivity index (χ1n) is 9.60. The number of imidazole rings is 1. The number of alkyl halides is 3. The second-order valence-corrected chi connectivity index (χ2v) is 8.81. The number of rotatable bonds is 4. The Balaban J connectivity index is 1.98. The standard InChI is InChI=1S/C20H11F3N6O6S/c1-9-12(8-24)18-25-15-7-11(36(33,34)35)3-5-16(15)28(18)19(30)17(9)27-26-14-4-2-10(29(31)32)6-13(14)20(21,22)23/h2-7,25H,1H3,(H,33,34,35). The Bertz CT molecular complexity index is 1830. The highest BCUT2D eigenvalue weighted by Gasteiger charge is 2.35. The maximum absolute atomic E-state index is 13.5. The molecule has 16 heteroatoms. The zero-order valence-electron chi connectivity index (χ0n) is 17.7. The number of nitrogens with zero attached hydrogens (tertiary/aromatic N) is 5. The second-order valence-electron chi connectivity index (χ2n) is 7.38. The van der Waals surface area contributed by atoms with Crippen LogP contribution in [0.2, 0.25) is 0 Å². The van der Waals surface area contributed by atoms with Crippen molar-refractivity contribution in [3.8, 4) is 6.07 Å². The van der Waals surface area contributed by atoms with Gasteiger partial charge >= 0.3 is 6.18 Å². The first kappa shape index (κ1) is 24.5. The average molecular weight is 520 g/mol. The number of pyridine rings is 1. The van der Waals surface area contributed by atoms with E-state index < -0.39 is 54.3 Å². The summed E-state index contributed by atoms with van der Waals surface area (Å²) in [6, 6.07) is 6.87. The molecule has 4 aromatic rings. The van der Waals surface area contributed by atoms with E-state index in [-0.39, 0.29) is 33.9 Å². The maximum Gasteiger partial charge on any atom is 0.418 e. The van der Waals surface area contributed by atoms with E-state index in [4.69, 9.17) is 0 Å². The van der Waals surface area contributed by atoms with Crippen LogP contribution in [0.1, 0.15) is 16.7 Å². The molecule has 4 rings (SSSR count). The highest BCUT2D eigenvalue weighted by molar-refractivity contribution is 7.85. The molecule has 2 N–H and O–H groups in total. The Hall–Kier alpha value is -4.62. The molecule has 0 atom stereocenters. The summed E-state index contributed by atoms with van der Waals surface area (Å²) in [7, 11) is -4.58. The molecule has 0 bridgehead atoms. The van der Waals surface area contributed by atoms with Crippen molar-refractivity contribution < 1.29 is 31.1 Å². The van der Waals surface area contributed by atoms with Crippen LogP contribution >= 0.6 is 0 Å². The molecule has 0 aliphatic heterocycles. The Morgan fingerprint density at radius 1 is 1.19 bits per heavy atom. The van der Waals surface area contributed by atoms with Crippen molar-refractivity contribution in [3.05, 3.63) is 73.6 Å². The number of aromatic nitrogens is 2. The highest BCUT2D eigenvalue weighted by atomic mass is 32.2. The van der Waals surface area contributed by atoms with Crippen molar-refractivity contribution in [3.63, 3.8) is 0 Å². The van der Waals surface area contributed by atoms with Gasteiger partial charge in [-0.05, 0) is 31.2 Å². The summed E-state index contributed by atoms with van der Waals surface area (Å²) in [4.78, 5) is 25.3. The van der Waals surface area contributed by atoms with Crippen LogP contribution in [-0.4, -0.2) is 27.3 Å². The molecule has 36 heavy (non-hydrogen) atoms. The highest BCUT2D eigenvalue weighted by Crippen LogP contribution is 2.39. The number of benzene rings is 2. The predicted molar refractivity (Wildman–Crippen MR) is 117 cm³/mol. The van der Waals surface area contributed by atoms with Crippen LogP contribution < -0.4 is 5.56 Å². The Morgan fingerprint density at radius 3 is 2.47 bits per heavy atom. The number of nitro groups is 1. The number of nitro benzene ring substituents is 1. The summed E-state index contributed by atoms with van der Waals surface area (Å²) in [5.41, 5.74) is -4.54. The molecule has 2 heterocycles. The van der Waals surface area contributed by atoms with E-state index in [0.29, 0.717) is 0 Å². The fourth-order valence-electron chi connectivity index (χ4n) is 3.53. The van der Waals surface area contributed by atoms with E-state index in [2.05, 4.69) is 15.2 Å². The first-order chi connectivity index (χ1) is 16.7. The van der Waals surface area contributed by atoms with E-state index in [0.717, 1.165) is 28.7 Å². The largest absolute Gasteiger partial charge is 0.418 e. The first-order valence-corrected chi connectivity index (χ1v) is 11.0. The van der Waals surface area contributed by atoms with Gasteiger partial charge in [0, 0.05) is 17.7 Å². The Morgan fingerprint density at radius 2 is 1.89 bits per heavy atom. The molecule has 0 saturated carbocycles. The van der Waals surface area contributed by atoms with E-state index >= 15 is 0 Å². The van der Waals surface area contributed by atoms with Gasteiger partial charge in [-0.2, -0.15) is 26.9 Å². The molecule has 0 unspecified atom stereocenters. The minimum absolute atomic E-state index is 0.0386. The smallest absolute Gasteiger partial charge is 0.338 e. The molecule has 2 aromatic heterocycles. The lowest BCUT2D eigenvalue weighted by atomic mass is 10.1. The lowest BCUT2D eigenvalue weighted by Crippen LogP contribution is -2.15. The van der Waals surface area contributed by atoms with Gasteiger partial charge in [0.2, 0.25) is 0 Å². The van der Waals surface area contributed by atoms with Gasteiger partial charge in [-0.3, -0.25) is 23.9 Å². The third-order valence-corrected chi connectivity index (χ3v) is 6.07. The molecule has 0 spiro atoms. The lowest BCUT2D eigenvalue weighted by molar-refractivity contribution is -0.385. The van der Waals surface area contributed by atoms with Crippen LogP contribution in [0.15, 0.2) is 56.3 Å². The number of fused-ring (bicyclic) bond motifs is 3. The number of non-ortho nitro benzene ring substituents is 1. The van der Waals surface area contributed by atoms with Gasteiger partial charge in [-0.25, -0.2) is 0 Å². The van der Waals surface area contributed by atoms with Gasteiger partial charge < -0.3 is 4.98 Å². The summed E-state index contributed by atoms with van der Waals surface area (Å²) in [6.45, 7) is 1.31. The molecule has 184 valence electrons. The van der Waals surface area contributed by atoms with Crippen LogP contribution in [0.5, 0.6) is 0 Å². The molecule has 12 nitrogen and oxygen atoms in total. The number of hydrogen-bond donors (Lipinski definition) is 2. The summed E-state index contributed by atoms with van der Waals surface area (Å²) < 4.78 is 73.5. The van der Waals surface area contributed by atoms with Gasteiger partial charge in [0.1, 0.15) is 11.7 Å². The number of nitrogens with one attached hydrogen (secondary N) is 1. The predicted octanol–water partition coefficient (Wildman–Crippen LogP) is 4.55. The molecule has 0 radical (unpaired) electrons. The quantitative estimate of drug-likeness (QED) is 0.171. The summed E-state index contributed by atoms with van der Waals surface area (Å²) in [5, 5.41) is 27.7. The maximum atomic E-state index is 13.5. The number of azo groups is 1. The minimum Gasteiger partial charge on any atom is -0.338 e. The van der Waals surface area contributed by atoms with Crippen LogP contribution in [-0.2, 0) is 16.3 Å². The topological polar surface area (TPSA) is 183 Å². The van der Waals surface area contributed by atoms with Crippen LogP contribution in [0, 0.1) is 28.4 Å². The molecule has 0 saturated heterocycles. The third kappa shape index (κ3) is 4.06. The van der Waals surface area contributed by atoms with Crippen LogP contribution in [0.25, 0.3) is 16.7 Å². The number of hydrogen-bond acceptors (Lipinski definition) is 8. The molecular formula is C20H11F3N6O6S. The van der Waals surface area contributed by atoms with Crippen molar-refractivity contribution in [2.75, 3.05) is 0 Å².